The molecule has 2 fully saturated rings. The third kappa shape index (κ3) is 3.55. The molecule has 1 spiro atoms. The Kier molecular flexibility index (Phi) is 4.92. The Labute approximate surface area is 131 Å². The predicted molar refractivity (Wildman–Crippen MR) is 83.9 cm³/mol. The number of carbonyl (C=O) groups is 1. The average molecular weight is 336 g/mol. The van der Waals surface area contributed by atoms with Gasteiger partial charge in [0.25, 0.3) is 0 Å². The van der Waals surface area contributed by atoms with Crippen LogP contribution in [-0.2, 0) is 19.6 Å². The maximum absolute atomic E-state index is 12.1. The van der Waals surface area contributed by atoms with Gasteiger partial charge in [-0.15, -0.1) is 11.8 Å². The number of ether oxygens (including phenoxy) is 1. The fourth-order valence-electron chi connectivity index (χ4n) is 2.52. The standard InChI is InChI=1S/C13H24N2O4S2/c1-10(2)21(17,18)15-8-13(9-15)5-11(7-20-13)19-6-12(16)14(3)4/h10-11H,5-9H2,1-4H3/t11-/m1/s1. The van der Waals surface area contributed by atoms with Crippen molar-refractivity contribution in [1.29, 1.82) is 0 Å². The first-order valence-corrected chi connectivity index (χ1v) is 9.60. The van der Waals surface area contributed by atoms with E-state index in [0.717, 1.165) is 12.2 Å². The molecule has 6 nitrogen and oxygen atoms in total. The molecule has 0 aromatic rings. The maximum Gasteiger partial charge on any atom is 0.248 e. The number of amides is 1. The van der Waals surface area contributed by atoms with Gasteiger partial charge in [-0.25, -0.2) is 8.42 Å². The van der Waals surface area contributed by atoms with E-state index in [1.54, 1.807) is 44.0 Å². The summed E-state index contributed by atoms with van der Waals surface area (Å²) in [7, 11) is 0.271. The molecule has 2 heterocycles. The minimum absolute atomic E-state index is 0.00616. The number of carbonyl (C=O) groups excluding carboxylic acids is 1. The summed E-state index contributed by atoms with van der Waals surface area (Å²) in [6.07, 6.45) is 0.866. The topological polar surface area (TPSA) is 66.9 Å². The molecule has 21 heavy (non-hydrogen) atoms. The Balaban J connectivity index is 1.81. The van der Waals surface area contributed by atoms with Crippen LogP contribution in [0.1, 0.15) is 20.3 Å². The molecule has 0 saturated carbocycles. The Hall–Kier alpha value is -0.310. The summed E-state index contributed by atoms with van der Waals surface area (Å²) < 4.78 is 31.3. The number of thioether (sulfide) groups is 1. The molecule has 2 saturated heterocycles. The van der Waals surface area contributed by atoms with E-state index in [4.69, 9.17) is 4.74 Å². The van der Waals surface area contributed by atoms with Crippen LogP contribution in [0.5, 0.6) is 0 Å². The van der Waals surface area contributed by atoms with Gasteiger partial charge in [0.1, 0.15) is 6.61 Å². The highest BCUT2D eigenvalue weighted by Crippen LogP contribution is 2.47. The summed E-state index contributed by atoms with van der Waals surface area (Å²) in [4.78, 5) is 13.0. The SMILES string of the molecule is CC(C)S(=O)(=O)N1CC2(C[C@@H](OCC(=O)N(C)C)CS2)C1. The second kappa shape index (κ2) is 6.06. The van der Waals surface area contributed by atoms with E-state index in [1.807, 2.05) is 0 Å². The van der Waals surface area contributed by atoms with Crippen LogP contribution in [0.2, 0.25) is 0 Å². The van der Waals surface area contributed by atoms with E-state index in [-0.39, 0.29) is 28.6 Å². The summed E-state index contributed by atoms with van der Waals surface area (Å²) in [5, 5.41) is -0.369. The highest BCUT2D eigenvalue weighted by Gasteiger charge is 2.53. The van der Waals surface area contributed by atoms with Gasteiger partial charge in [-0.05, 0) is 20.3 Å². The quantitative estimate of drug-likeness (QED) is 0.726. The maximum atomic E-state index is 12.1. The number of hydrogen-bond donors (Lipinski definition) is 0. The summed E-state index contributed by atoms with van der Waals surface area (Å²) in [6.45, 7) is 4.66. The summed E-state index contributed by atoms with van der Waals surface area (Å²) in [5.41, 5.74) is 0. The second-order valence-corrected chi connectivity index (χ2v) is 10.3. The zero-order chi connectivity index (χ0) is 15.8. The monoisotopic (exact) mass is 336 g/mol. The summed E-state index contributed by atoms with van der Waals surface area (Å²) >= 11 is 1.78. The first-order valence-electron chi connectivity index (χ1n) is 7.11. The van der Waals surface area contributed by atoms with E-state index >= 15 is 0 Å². The van der Waals surface area contributed by atoms with E-state index in [2.05, 4.69) is 0 Å². The molecule has 0 N–H and O–H groups in total. The smallest absolute Gasteiger partial charge is 0.248 e. The van der Waals surface area contributed by atoms with Crippen molar-refractivity contribution in [2.45, 2.75) is 36.4 Å². The largest absolute Gasteiger partial charge is 0.367 e. The molecule has 0 bridgehead atoms. The third-order valence-electron chi connectivity index (χ3n) is 4.00. The molecule has 8 heteroatoms. The van der Waals surface area contributed by atoms with Crippen LogP contribution < -0.4 is 0 Å². The lowest BCUT2D eigenvalue weighted by atomic mass is 9.95. The van der Waals surface area contributed by atoms with Crippen LogP contribution in [0.4, 0.5) is 0 Å². The number of nitrogens with zero attached hydrogens (tertiary/aromatic N) is 2. The van der Waals surface area contributed by atoms with Crippen molar-refractivity contribution in [2.24, 2.45) is 0 Å². The molecule has 0 unspecified atom stereocenters. The van der Waals surface area contributed by atoms with Crippen LogP contribution in [0.25, 0.3) is 0 Å². The zero-order valence-corrected chi connectivity index (χ0v) is 14.7. The fourth-order valence-corrected chi connectivity index (χ4v) is 5.69. The van der Waals surface area contributed by atoms with Gasteiger partial charge in [-0.3, -0.25) is 4.79 Å². The fraction of sp³-hybridized carbons (Fsp3) is 0.923. The molecule has 0 aromatic heterocycles. The van der Waals surface area contributed by atoms with Crippen molar-refractivity contribution in [3.8, 4) is 0 Å². The molecular weight excluding hydrogens is 312 g/mol. The van der Waals surface area contributed by atoms with Crippen molar-refractivity contribution < 1.29 is 17.9 Å². The highest BCUT2D eigenvalue weighted by atomic mass is 32.2. The van der Waals surface area contributed by atoms with Crippen molar-refractivity contribution in [3.63, 3.8) is 0 Å². The minimum Gasteiger partial charge on any atom is -0.367 e. The van der Waals surface area contributed by atoms with Gasteiger partial charge < -0.3 is 9.64 Å². The normalized spacial score (nSPS) is 25.3. The van der Waals surface area contributed by atoms with E-state index in [0.29, 0.717) is 13.1 Å². The highest BCUT2D eigenvalue weighted by molar-refractivity contribution is 8.01. The first kappa shape index (κ1) is 17.1. The van der Waals surface area contributed by atoms with Crippen molar-refractivity contribution >= 4 is 27.7 Å². The molecule has 1 amide bonds. The van der Waals surface area contributed by atoms with E-state index < -0.39 is 10.0 Å². The third-order valence-corrected chi connectivity index (χ3v) is 7.75. The Bertz CT molecular complexity index is 498. The van der Waals surface area contributed by atoms with Crippen molar-refractivity contribution in [3.05, 3.63) is 0 Å². The van der Waals surface area contributed by atoms with Gasteiger partial charge in [0.15, 0.2) is 0 Å². The lowest BCUT2D eigenvalue weighted by Crippen LogP contribution is -2.61. The van der Waals surface area contributed by atoms with Crippen molar-refractivity contribution in [1.82, 2.24) is 9.21 Å². The Morgan fingerprint density at radius 1 is 1.43 bits per heavy atom. The Morgan fingerprint density at radius 3 is 2.57 bits per heavy atom. The second-order valence-electron chi connectivity index (χ2n) is 6.28. The Morgan fingerprint density at radius 2 is 2.05 bits per heavy atom. The number of rotatable bonds is 5. The molecule has 2 aliphatic heterocycles. The molecule has 1 atom stereocenters. The predicted octanol–water partition coefficient (Wildman–Crippen LogP) is 0.389. The number of likely N-dealkylation sites (N-methyl/N-ethyl adjacent to an activating group) is 1. The molecule has 2 rings (SSSR count). The van der Waals surface area contributed by atoms with E-state index in [9.17, 15) is 13.2 Å². The van der Waals surface area contributed by atoms with Crippen LogP contribution in [0.3, 0.4) is 0 Å². The van der Waals surface area contributed by atoms with Crippen molar-refractivity contribution in [2.75, 3.05) is 39.5 Å². The molecule has 2 aliphatic rings. The average Bonchev–Trinajstić information content (AvgIpc) is 2.78. The molecule has 0 radical (unpaired) electrons. The summed E-state index contributed by atoms with van der Waals surface area (Å²) in [6, 6.07) is 0. The van der Waals surface area contributed by atoms with Crippen LogP contribution >= 0.6 is 11.8 Å². The van der Waals surface area contributed by atoms with Gasteiger partial charge in [-0.1, -0.05) is 0 Å². The molecule has 0 aliphatic carbocycles. The number of hydrogen-bond acceptors (Lipinski definition) is 5. The molecule has 122 valence electrons. The van der Waals surface area contributed by atoms with E-state index in [1.165, 1.54) is 4.90 Å². The van der Waals surface area contributed by atoms with Gasteiger partial charge in [0.05, 0.1) is 11.4 Å². The van der Waals surface area contributed by atoms with Crippen LogP contribution in [0, 0.1) is 0 Å². The number of sulfonamides is 1. The zero-order valence-electron chi connectivity index (χ0n) is 13.0. The van der Waals surface area contributed by atoms with Crippen LogP contribution in [0.15, 0.2) is 0 Å². The van der Waals surface area contributed by atoms with Gasteiger partial charge >= 0.3 is 0 Å². The summed E-state index contributed by atoms with van der Waals surface area (Å²) in [5.74, 6) is 0.787. The van der Waals surface area contributed by atoms with Gasteiger partial charge in [0.2, 0.25) is 15.9 Å². The van der Waals surface area contributed by atoms with Gasteiger partial charge in [0, 0.05) is 37.7 Å². The van der Waals surface area contributed by atoms with Crippen LogP contribution in [-0.4, -0.2) is 79.2 Å². The lowest BCUT2D eigenvalue weighted by Gasteiger charge is -2.47. The molecule has 0 aromatic carbocycles. The van der Waals surface area contributed by atoms with Gasteiger partial charge in [-0.2, -0.15) is 4.31 Å². The molecular formula is C13H24N2O4S2. The lowest BCUT2D eigenvalue weighted by molar-refractivity contribution is -0.135. The first-order chi connectivity index (χ1) is 9.66. The minimum atomic E-state index is -3.14.